The van der Waals surface area contributed by atoms with E-state index >= 15 is 0 Å². The number of nitrogens with one attached hydrogen (secondary N) is 2. The molecule has 0 fully saturated rings. The summed E-state index contributed by atoms with van der Waals surface area (Å²) in [5.41, 5.74) is -0.457. The molecule has 1 amide bonds. The van der Waals surface area contributed by atoms with Crippen molar-refractivity contribution in [3.8, 4) is 0 Å². The molecular formula is C14H28N2O3. The van der Waals surface area contributed by atoms with Crippen molar-refractivity contribution in [1.29, 1.82) is 0 Å². The number of ether oxygens (including phenoxy) is 2. The molecular weight excluding hydrogens is 244 g/mol. The third-order valence-electron chi connectivity index (χ3n) is 2.56. The summed E-state index contributed by atoms with van der Waals surface area (Å²) in [6.45, 7) is 10.8. The van der Waals surface area contributed by atoms with Crippen LogP contribution < -0.4 is 10.6 Å². The fraction of sp³-hybridized carbons (Fsp3) is 0.786. The average Bonchev–Trinajstić information content (AvgIpc) is 2.29. The third-order valence-corrected chi connectivity index (χ3v) is 2.56. The first-order valence-electron chi connectivity index (χ1n) is 6.64. The molecule has 0 aromatic rings. The average molecular weight is 272 g/mol. The van der Waals surface area contributed by atoms with E-state index in [1.165, 1.54) is 0 Å². The van der Waals surface area contributed by atoms with Crippen LogP contribution in [0.15, 0.2) is 12.2 Å². The van der Waals surface area contributed by atoms with Crippen molar-refractivity contribution in [3.05, 3.63) is 12.2 Å². The highest BCUT2D eigenvalue weighted by molar-refractivity contribution is 5.67. The highest BCUT2D eigenvalue weighted by Crippen LogP contribution is 2.06. The maximum atomic E-state index is 11.3. The molecule has 0 rings (SSSR count). The topological polar surface area (TPSA) is 59.6 Å². The molecule has 0 saturated carbocycles. The number of hydrogen-bond donors (Lipinski definition) is 2. The van der Waals surface area contributed by atoms with Gasteiger partial charge in [0.05, 0.1) is 6.10 Å². The monoisotopic (exact) mass is 272 g/mol. The van der Waals surface area contributed by atoms with Gasteiger partial charge in [0.15, 0.2) is 0 Å². The van der Waals surface area contributed by atoms with E-state index in [1.807, 2.05) is 39.8 Å². The summed E-state index contributed by atoms with van der Waals surface area (Å²) in [5.74, 6) is 0. The number of rotatable bonds is 7. The van der Waals surface area contributed by atoms with Gasteiger partial charge >= 0.3 is 6.09 Å². The standard InChI is InChI=1S/C14H28N2O3/c1-11(12(2)18-6)15-9-7-8-10-16-13(17)19-14(3,4)5/h7-8,11-12,15H,9-10H2,1-6H3,(H,16,17)/b8-7+. The second-order valence-electron chi connectivity index (χ2n) is 5.49. The van der Waals surface area contributed by atoms with Gasteiger partial charge in [-0.15, -0.1) is 0 Å². The maximum absolute atomic E-state index is 11.3. The van der Waals surface area contributed by atoms with Crippen LogP contribution in [0, 0.1) is 0 Å². The Morgan fingerprint density at radius 2 is 1.79 bits per heavy atom. The van der Waals surface area contributed by atoms with E-state index in [9.17, 15) is 4.79 Å². The zero-order chi connectivity index (χ0) is 14.9. The van der Waals surface area contributed by atoms with Crippen molar-refractivity contribution in [1.82, 2.24) is 10.6 Å². The zero-order valence-corrected chi connectivity index (χ0v) is 12.9. The molecule has 5 heteroatoms. The van der Waals surface area contributed by atoms with Gasteiger partial charge in [0.1, 0.15) is 5.60 Å². The van der Waals surface area contributed by atoms with E-state index < -0.39 is 11.7 Å². The molecule has 0 aromatic heterocycles. The molecule has 0 radical (unpaired) electrons. The van der Waals surface area contributed by atoms with E-state index in [0.717, 1.165) is 6.54 Å². The quantitative estimate of drug-likeness (QED) is 0.697. The SMILES string of the molecule is COC(C)C(C)NC/C=C/CNC(=O)OC(C)(C)C. The minimum absolute atomic E-state index is 0.174. The Kier molecular flexibility index (Phi) is 8.43. The Morgan fingerprint density at radius 3 is 2.32 bits per heavy atom. The van der Waals surface area contributed by atoms with E-state index in [-0.39, 0.29) is 12.1 Å². The van der Waals surface area contributed by atoms with Crippen LogP contribution in [0.1, 0.15) is 34.6 Å². The van der Waals surface area contributed by atoms with Crippen molar-refractivity contribution in [2.24, 2.45) is 0 Å². The van der Waals surface area contributed by atoms with Crippen LogP contribution in [-0.2, 0) is 9.47 Å². The normalized spacial score (nSPS) is 15.3. The van der Waals surface area contributed by atoms with Crippen LogP contribution >= 0.6 is 0 Å². The van der Waals surface area contributed by atoms with Gasteiger partial charge in [-0.2, -0.15) is 0 Å². The third kappa shape index (κ3) is 10.5. The Labute approximate surface area is 116 Å². The zero-order valence-electron chi connectivity index (χ0n) is 12.9. The molecule has 0 aromatic carbocycles. The molecule has 112 valence electrons. The lowest BCUT2D eigenvalue weighted by molar-refractivity contribution is 0.0534. The molecule has 0 bridgehead atoms. The van der Waals surface area contributed by atoms with Crippen LogP contribution in [0.25, 0.3) is 0 Å². The maximum Gasteiger partial charge on any atom is 0.407 e. The van der Waals surface area contributed by atoms with E-state index in [4.69, 9.17) is 9.47 Å². The number of methoxy groups -OCH3 is 1. The fourth-order valence-electron chi connectivity index (χ4n) is 1.25. The summed E-state index contributed by atoms with van der Waals surface area (Å²) >= 11 is 0. The Balaban J connectivity index is 3.67. The second kappa shape index (κ2) is 8.93. The van der Waals surface area contributed by atoms with Crippen molar-refractivity contribution in [2.45, 2.75) is 52.4 Å². The molecule has 5 nitrogen and oxygen atoms in total. The summed E-state index contributed by atoms with van der Waals surface area (Å²) in [6, 6.07) is 0.286. The van der Waals surface area contributed by atoms with Crippen molar-refractivity contribution in [2.75, 3.05) is 20.2 Å². The molecule has 0 aliphatic carbocycles. The van der Waals surface area contributed by atoms with Crippen molar-refractivity contribution < 1.29 is 14.3 Å². The summed E-state index contributed by atoms with van der Waals surface area (Å²) in [6.07, 6.45) is 3.64. The van der Waals surface area contributed by atoms with Gasteiger partial charge in [0.25, 0.3) is 0 Å². The Morgan fingerprint density at radius 1 is 1.21 bits per heavy atom. The first-order chi connectivity index (χ1) is 8.76. The summed E-state index contributed by atoms with van der Waals surface area (Å²) < 4.78 is 10.3. The van der Waals surface area contributed by atoms with Crippen LogP contribution in [0.3, 0.4) is 0 Å². The lowest BCUT2D eigenvalue weighted by Crippen LogP contribution is -2.36. The van der Waals surface area contributed by atoms with Gasteiger partial charge in [-0.25, -0.2) is 4.79 Å². The van der Waals surface area contributed by atoms with Gasteiger partial charge in [-0.05, 0) is 34.6 Å². The van der Waals surface area contributed by atoms with Gasteiger partial charge in [-0.1, -0.05) is 12.2 Å². The van der Waals surface area contributed by atoms with Crippen LogP contribution in [0.2, 0.25) is 0 Å². The molecule has 0 aliphatic heterocycles. The minimum atomic E-state index is -0.457. The fourth-order valence-corrected chi connectivity index (χ4v) is 1.25. The predicted molar refractivity (Wildman–Crippen MR) is 77.3 cm³/mol. The minimum Gasteiger partial charge on any atom is -0.444 e. The summed E-state index contributed by atoms with van der Waals surface area (Å²) in [5, 5.41) is 5.96. The van der Waals surface area contributed by atoms with E-state index in [0.29, 0.717) is 6.54 Å². The second-order valence-corrected chi connectivity index (χ2v) is 5.49. The van der Waals surface area contributed by atoms with Gasteiger partial charge < -0.3 is 20.1 Å². The lowest BCUT2D eigenvalue weighted by Gasteiger charge is -2.19. The molecule has 0 saturated heterocycles. The number of carbonyl (C=O) groups excluding carboxylic acids is 1. The molecule has 2 atom stereocenters. The summed E-state index contributed by atoms with van der Waals surface area (Å²) in [4.78, 5) is 11.3. The predicted octanol–water partition coefficient (Wildman–Crippen LogP) is 2.08. The molecule has 2 N–H and O–H groups in total. The number of amides is 1. The lowest BCUT2D eigenvalue weighted by atomic mass is 10.2. The first kappa shape index (κ1) is 17.9. The van der Waals surface area contributed by atoms with Crippen LogP contribution in [0.5, 0.6) is 0 Å². The van der Waals surface area contributed by atoms with Crippen LogP contribution in [0.4, 0.5) is 4.79 Å². The van der Waals surface area contributed by atoms with E-state index in [2.05, 4.69) is 17.6 Å². The highest BCUT2D eigenvalue weighted by atomic mass is 16.6. The smallest absolute Gasteiger partial charge is 0.407 e. The van der Waals surface area contributed by atoms with Crippen molar-refractivity contribution in [3.63, 3.8) is 0 Å². The molecule has 0 aliphatic rings. The van der Waals surface area contributed by atoms with Crippen molar-refractivity contribution >= 4 is 6.09 Å². The van der Waals surface area contributed by atoms with E-state index in [1.54, 1.807) is 7.11 Å². The van der Waals surface area contributed by atoms with Crippen LogP contribution in [-0.4, -0.2) is 44.0 Å². The highest BCUT2D eigenvalue weighted by Gasteiger charge is 2.14. The van der Waals surface area contributed by atoms with Gasteiger partial charge in [0.2, 0.25) is 0 Å². The van der Waals surface area contributed by atoms with Gasteiger partial charge in [0, 0.05) is 26.2 Å². The Hall–Kier alpha value is -1.07. The number of hydrogen-bond acceptors (Lipinski definition) is 4. The molecule has 0 heterocycles. The van der Waals surface area contributed by atoms with Gasteiger partial charge in [-0.3, -0.25) is 0 Å². The largest absolute Gasteiger partial charge is 0.444 e. The molecule has 19 heavy (non-hydrogen) atoms. The number of carbonyl (C=O) groups is 1. The molecule has 0 spiro atoms. The molecule has 2 unspecified atom stereocenters. The Bertz CT molecular complexity index is 285. The number of alkyl carbamates (subject to hydrolysis) is 1. The first-order valence-corrected chi connectivity index (χ1v) is 6.64. The summed E-state index contributed by atoms with van der Waals surface area (Å²) in [7, 11) is 1.70.